The fourth-order valence-corrected chi connectivity index (χ4v) is 5.50. The van der Waals surface area contributed by atoms with Crippen LogP contribution in [0.5, 0.6) is 0 Å². The van der Waals surface area contributed by atoms with Crippen LogP contribution in [0.25, 0.3) is 0 Å². The maximum absolute atomic E-state index is 11.9. The molecular weight excluding hydrogens is 380 g/mol. The van der Waals surface area contributed by atoms with E-state index in [9.17, 15) is 16.8 Å². The summed E-state index contributed by atoms with van der Waals surface area (Å²) in [6, 6.07) is 9.54. The van der Waals surface area contributed by atoms with Crippen LogP contribution < -0.4 is 11.5 Å². The molecule has 0 saturated heterocycles. The SMILES string of the molecule is CS(=O)(=O)c1cc(N)ccc1CSCc1ccc(N)cc1S(C)(=O)=O. The molecule has 0 radical (unpaired) electrons. The summed E-state index contributed by atoms with van der Waals surface area (Å²) in [6.07, 6.45) is 2.27. The second kappa shape index (κ2) is 7.27. The van der Waals surface area contributed by atoms with Gasteiger partial charge in [0, 0.05) is 35.4 Å². The summed E-state index contributed by atoms with van der Waals surface area (Å²) < 4.78 is 47.6. The molecule has 0 heterocycles. The van der Waals surface area contributed by atoms with Gasteiger partial charge in [-0.1, -0.05) is 12.1 Å². The van der Waals surface area contributed by atoms with Gasteiger partial charge in [0.25, 0.3) is 0 Å². The van der Waals surface area contributed by atoms with Gasteiger partial charge in [0.05, 0.1) is 9.79 Å². The van der Waals surface area contributed by atoms with Gasteiger partial charge in [0.15, 0.2) is 19.7 Å². The standard InChI is InChI=1S/C16H20N2O4S3/c1-24(19,20)15-7-13(17)5-3-11(15)9-23-10-12-4-6-14(18)8-16(12)25(2,21)22/h3-8H,9-10,17-18H2,1-2H3. The van der Waals surface area contributed by atoms with Crippen molar-refractivity contribution in [2.45, 2.75) is 21.3 Å². The Morgan fingerprint density at radius 1 is 0.760 bits per heavy atom. The maximum Gasteiger partial charge on any atom is 0.175 e. The lowest BCUT2D eigenvalue weighted by atomic mass is 10.2. The largest absolute Gasteiger partial charge is 0.399 e. The molecule has 0 aliphatic heterocycles. The molecule has 136 valence electrons. The van der Waals surface area contributed by atoms with Crippen LogP contribution >= 0.6 is 11.8 Å². The normalized spacial score (nSPS) is 12.2. The van der Waals surface area contributed by atoms with Gasteiger partial charge in [-0.05, 0) is 35.4 Å². The molecule has 6 nitrogen and oxygen atoms in total. The highest BCUT2D eigenvalue weighted by Gasteiger charge is 2.16. The van der Waals surface area contributed by atoms with Crippen molar-refractivity contribution in [3.63, 3.8) is 0 Å². The van der Waals surface area contributed by atoms with Gasteiger partial charge >= 0.3 is 0 Å². The fourth-order valence-electron chi connectivity index (χ4n) is 2.34. The van der Waals surface area contributed by atoms with Crippen LogP contribution in [0, 0.1) is 0 Å². The summed E-state index contributed by atoms with van der Waals surface area (Å²) >= 11 is 1.42. The van der Waals surface area contributed by atoms with Gasteiger partial charge in [0.2, 0.25) is 0 Å². The second-order valence-corrected chi connectivity index (χ2v) is 10.7. The molecule has 4 N–H and O–H groups in total. The van der Waals surface area contributed by atoms with Crippen LogP contribution in [0.3, 0.4) is 0 Å². The number of nitrogen functional groups attached to an aromatic ring is 2. The number of benzene rings is 2. The van der Waals surface area contributed by atoms with Crippen LogP contribution in [0.4, 0.5) is 11.4 Å². The van der Waals surface area contributed by atoms with E-state index in [4.69, 9.17) is 11.5 Å². The monoisotopic (exact) mass is 400 g/mol. The van der Waals surface area contributed by atoms with Gasteiger partial charge in [0.1, 0.15) is 0 Å². The molecule has 2 aromatic rings. The summed E-state index contributed by atoms with van der Waals surface area (Å²) in [4.78, 5) is 0.390. The first-order valence-corrected chi connectivity index (χ1v) is 12.2. The maximum atomic E-state index is 11.9. The van der Waals surface area contributed by atoms with E-state index in [1.54, 1.807) is 24.3 Å². The Morgan fingerprint density at radius 2 is 1.12 bits per heavy atom. The second-order valence-electron chi connectivity index (χ2n) is 5.77. The lowest BCUT2D eigenvalue weighted by Crippen LogP contribution is -2.04. The number of hydrogen-bond donors (Lipinski definition) is 2. The first-order valence-electron chi connectivity index (χ1n) is 7.23. The molecule has 0 saturated carbocycles. The Morgan fingerprint density at radius 3 is 1.44 bits per heavy atom. The zero-order chi connectivity index (χ0) is 18.8. The minimum atomic E-state index is -3.39. The predicted molar refractivity (Wildman–Crippen MR) is 103 cm³/mol. The Hall–Kier alpha value is -1.71. The zero-order valence-electron chi connectivity index (χ0n) is 13.9. The average Bonchev–Trinajstić information content (AvgIpc) is 2.48. The summed E-state index contributed by atoms with van der Waals surface area (Å²) in [7, 11) is -6.79. The van der Waals surface area contributed by atoms with Crippen molar-refractivity contribution >= 4 is 42.8 Å². The summed E-state index contributed by atoms with van der Waals surface area (Å²) in [5.41, 5.74) is 13.4. The Labute approximate surface area is 152 Å². The van der Waals surface area contributed by atoms with Gasteiger partial charge in [-0.2, -0.15) is 11.8 Å². The van der Waals surface area contributed by atoms with E-state index in [-0.39, 0.29) is 9.79 Å². The highest BCUT2D eigenvalue weighted by Crippen LogP contribution is 2.28. The number of nitrogens with two attached hydrogens (primary N) is 2. The lowest BCUT2D eigenvalue weighted by Gasteiger charge is -2.11. The zero-order valence-corrected chi connectivity index (χ0v) is 16.3. The van der Waals surface area contributed by atoms with Gasteiger partial charge in [-0.15, -0.1) is 0 Å². The van der Waals surface area contributed by atoms with Crippen molar-refractivity contribution in [3.05, 3.63) is 47.5 Å². The van der Waals surface area contributed by atoms with Crippen molar-refractivity contribution < 1.29 is 16.8 Å². The molecule has 0 aliphatic carbocycles. The lowest BCUT2D eigenvalue weighted by molar-refractivity contribution is 0.599. The number of sulfone groups is 2. The highest BCUT2D eigenvalue weighted by atomic mass is 32.2. The van der Waals surface area contributed by atoms with Crippen molar-refractivity contribution in [2.75, 3.05) is 24.0 Å². The summed E-state index contributed by atoms with van der Waals surface area (Å²) in [5.74, 6) is 0.826. The Bertz CT molecular complexity index is 919. The summed E-state index contributed by atoms with van der Waals surface area (Å²) in [6.45, 7) is 0. The molecule has 0 atom stereocenters. The third-order valence-electron chi connectivity index (χ3n) is 3.50. The molecule has 9 heteroatoms. The highest BCUT2D eigenvalue weighted by molar-refractivity contribution is 7.98. The van der Waals surface area contributed by atoms with Crippen LogP contribution in [-0.2, 0) is 31.2 Å². The van der Waals surface area contributed by atoms with Crippen molar-refractivity contribution in [1.82, 2.24) is 0 Å². The van der Waals surface area contributed by atoms with Crippen LogP contribution in [0.1, 0.15) is 11.1 Å². The fraction of sp³-hybridized carbons (Fsp3) is 0.250. The third-order valence-corrected chi connectivity index (χ3v) is 6.88. The van der Waals surface area contributed by atoms with E-state index in [1.807, 2.05) is 0 Å². The van der Waals surface area contributed by atoms with Gasteiger partial charge in [-0.25, -0.2) is 16.8 Å². The third kappa shape index (κ3) is 5.13. The quantitative estimate of drug-likeness (QED) is 0.712. The molecule has 2 aromatic carbocycles. The topological polar surface area (TPSA) is 120 Å². The van der Waals surface area contributed by atoms with Crippen LogP contribution in [0.15, 0.2) is 46.2 Å². The van der Waals surface area contributed by atoms with E-state index in [1.165, 1.54) is 23.9 Å². The van der Waals surface area contributed by atoms with E-state index < -0.39 is 19.7 Å². The number of thioether (sulfide) groups is 1. The number of anilines is 2. The molecule has 0 aliphatic rings. The minimum absolute atomic E-state index is 0.195. The van der Waals surface area contributed by atoms with Crippen molar-refractivity contribution in [3.8, 4) is 0 Å². The van der Waals surface area contributed by atoms with Crippen molar-refractivity contribution in [2.24, 2.45) is 0 Å². The average molecular weight is 401 g/mol. The Kier molecular flexibility index (Phi) is 5.70. The molecule has 25 heavy (non-hydrogen) atoms. The first-order chi connectivity index (χ1) is 11.5. The van der Waals surface area contributed by atoms with Crippen LogP contribution in [-0.4, -0.2) is 29.3 Å². The van der Waals surface area contributed by atoms with E-state index in [2.05, 4.69) is 0 Å². The number of rotatable bonds is 6. The van der Waals surface area contributed by atoms with Crippen LogP contribution in [0.2, 0.25) is 0 Å². The first kappa shape index (κ1) is 19.6. The molecule has 0 spiro atoms. The number of hydrogen-bond acceptors (Lipinski definition) is 7. The molecule has 0 amide bonds. The van der Waals surface area contributed by atoms with E-state index in [0.717, 1.165) is 12.5 Å². The minimum Gasteiger partial charge on any atom is -0.399 e. The molecule has 0 aromatic heterocycles. The predicted octanol–water partition coefficient (Wildman–Crippen LogP) is 2.09. The van der Waals surface area contributed by atoms with E-state index in [0.29, 0.717) is 34.0 Å². The van der Waals surface area contributed by atoms with Gasteiger partial charge < -0.3 is 11.5 Å². The van der Waals surface area contributed by atoms with E-state index >= 15 is 0 Å². The molecular formula is C16H20N2O4S3. The smallest absolute Gasteiger partial charge is 0.175 e. The van der Waals surface area contributed by atoms with Crippen molar-refractivity contribution in [1.29, 1.82) is 0 Å². The molecule has 0 unspecified atom stereocenters. The molecule has 0 fully saturated rings. The van der Waals surface area contributed by atoms with Gasteiger partial charge in [-0.3, -0.25) is 0 Å². The summed E-state index contributed by atoms with van der Waals surface area (Å²) in [5, 5.41) is 0. The molecule has 2 rings (SSSR count). The molecule has 0 bridgehead atoms. The Balaban J connectivity index is 2.23.